The van der Waals surface area contributed by atoms with Gasteiger partial charge in [0.05, 0.1) is 6.10 Å². The molecule has 4 heteroatoms. The SMILES string of the molecule is CCCN1CCC(NCC(O)c2ccc(Cl)cc2)CC1. The monoisotopic (exact) mass is 296 g/mol. The predicted octanol–water partition coefficient (Wildman–Crippen LogP) is 2.84. The molecule has 112 valence electrons. The van der Waals surface area contributed by atoms with E-state index in [2.05, 4.69) is 17.1 Å². The number of piperidine rings is 1. The maximum absolute atomic E-state index is 10.2. The Labute approximate surface area is 126 Å². The smallest absolute Gasteiger partial charge is 0.0914 e. The van der Waals surface area contributed by atoms with Crippen molar-refractivity contribution in [1.29, 1.82) is 0 Å². The summed E-state index contributed by atoms with van der Waals surface area (Å²) >= 11 is 5.85. The van der Waals surface area contributed by atoms with E-state index in [4.69, 9.17) is 11.6 Å². The summed E-state index contributed by atoms with van der Waals surface area (Å²) < 4.78 is 0. The van der Waals surface area contributed by atoms with Crippen LogP contribution in [0.1, 0.15) is 37.9 Å². The molecule has 1 aliphatic heterocycles. The number of rotatable bonds is 6. The molecule has 1 heterocycles. The Morgan fingerprint density at radius 3 is 2.55 bits per heavy atom. The topological polar surface area (TPSA) is 35.5 Å². The lowest BCUT2D eigenvalue weighted by Crippen LogP contribution is -2.43. The van der Waals surface area contributed by atoms with E-state index >= 15 is 0 Å². The highest BCUT2D eigenvalue weighted by Gasteiger charge is 2.19. The fourth-order valence-electron chi connectivity index (χ4n) is 2.76. The first kappa shape index (κ1) is 15.8. The second-order valence-corrected chi connectivity index (χ2v) is 6.03. The zero-order valence-electron chi connectivity index (χ0n) is 12.2. The fraction of sp³-hybridized carbons (Fsp3) is 0.625. The largest absolute Gasteiger partial charge is 0.387 e. The summed E-state index contributed by atoms with van der Waals surface area (Å²) in [7, 11) is 0. The van der Waals surface area contributed by atoms with Crippen molar-refractivity contribution in [2.75, 3.05) is 26.2 Å². The van der Waals surface area contributed by atoms with E-state index in [0.717, 1.165) is 5.56 Å². The van der Waals surface area contributed by atoms with Crippen LogP contribution in [0.15, 0.2) is 24.3 Å². The quantitative estimate of drug-likeness (QED) is 0.847. The third-order valence-electron chi connectivity index (χ3n) is 3.98. The van der Waals surface area contributed by atoms with Gasteiger partial charge in [0.1, 0.15) is 0 Å². The van der Waals surface area contributed by atoms with E-state index in [0.29, 0.717) is 17.6 Å². The fourth-order valence-corrected chi connectivity index (χ4v) is 2.88. The van der Waals surface area contributed by atoms with Crippen LogP contribution in [0.4, 0.5) is 0 Å². The summed E-state index contributed by atoms with van der Waals surface area (Å²) in [5.41, 5.74) is 0.922. The molecule has 0 saturated carbocycles. The summed E-state index contributed by atoms with van der Waals surface area (Å²) in [4.78, 5) is 2.52. The lowest BCUT2D eigenvalue weighted by Gasteiger charge is -2.32. The second-order valence-electron chi connectivity index (χ2n) is 5.59. The molecule has 20 heavy (non-hydrogen) atoms. The molecule has 3 nitrogen and oxygen atoms in total. The summed E-state index contributed by atoms with van der Waals surface area (Å²) in [5.74, 6) is 0. The molecule has 0 spiro atoms. The van der Waals surface area contributed by atoms with Gasteiger partial charge in [0.2, 0.25) is 0 Å². The molecule has 0 amide bonds. The first-order chi connectivity index (χ1) is 9.69. The van der Waals surface area contributed by atoms with Gasteiger partial charge in [0.15, 0.2) is 0 Å². The number of aliphatic hydroxyl groups excluding tert-OH is 1. The summed E-state index contributed by atoms with van der Waals surface area (Å²) in [6.07, 6.45) is 3.12. The maximum atomic E-state index is 10.2. The first-order valence-electron chi connectivity index (χ1n) is 7.58. The maximum Gasteiger partial charge on any atom is 0.0914 e. The lowest BCUT2D eigenvalue weighted by molar-refractivity contribution is 0.151. The summed E-state index contributed by atoms with van der Waals surface area (Å²) in [6, 6.07) is 7.95. The molecule has 1 aromatic carbocycles. The Kier molecular flexibility index (Phi) is 6.30. The Morgan fingerprint density at radius 1 is 1.30 bits per heavy atom. The number of nitrogens with one attached hydrogen (secondary N) is 1. The van der Waals surface area contributed by atoms with Crippen molar-refractivity contribution in [3.05, 3.63) is 34.9 Å². The molecular weight excluding hydrogens is 272 g/mol. The zero-order chi connectivity index (χ0) is 14.4. The minimum absolute atomic E-state index is 0.457. The van der Waals surface area contributed by atoms with Crippen LogP contribution in [-0.4, -0.2) is 42.2 Å². The standard InChI is InChI=1S/C16H25ClN2O/c1-2-9-19-10-7-15(8-11-19)18-12-16(20)13-3-5-14(17)6-4-13/h3-6,15-16,18,20H,2,7-12H2,1H3. The third-order valence-corrected chi connectivity index (χ3v) is 4.23. The number of likely N-dealkylation sites (tertiary alicyclic amines) is 1. The van der Waals surface area contributed by atoms with E-state index in [9.17, 15) is 5.11 Å². The normalized spacial score (nSPS) is 19.1. The molecule has 2 rings (SSSR count). The highest BCUT2D eigenvalue weighted by Crippen LogP contribution is 2.17. The van der Waals surface area contributed by atoms with Gasteiger partial charge in [0.25, 0.3) is 0 Å². The zero-order valence-corrected chi connectivity index (χ0v) is 12.9. The number of nitrogens with zero attached hydrogens (tertiary/aromatic N) is 1. The van der Waals surface area contributed by atoms with Gasteiger partial charge in [-0.3, -0.25) is 0 Å². The van der Waals surface area contributed by atoms with Gasteiger partial charge in [-0.2, -0.15) is 0 Å². The van der Waals surface area contributed by atoms with Gasteiger partial charge in [0, 0.05) is 17.6 Å². The van der Waals surface area contributed by atoms with Gasteiger partial charge >= 0.3 is 0 Å². The van der Waals surface area contributed by atoms with Crippen LogP contribution in [0.2, 0.25) is 5.02 Å². The molecule has 1 unspecified atom stereocenters. The molecule has 1 atom stereocenters. The van der Waals surface area contributed by atoms with Crippen LogP contribution in [0, 0.1) is 0 Å². The molecule has 2 N–H and O–H groups in total. The molecule has 1 aliphatic rings. The van der Waals surface area contributed by atoms with E-state index in [1.807, 2.05) is 24.3 Å². The van der Waals surface area contributed by atoms with Gasteiger partial charge in [-0.1, -0.05) is 30.7 Å². The molecule has 1 aromatic rings. The van der Waals surface area contributed by atoms with Crippen LogP contribution in [-0.2, 0) is 0 Å². The van der Waals surface area contributed by atoms with Crippen LogP contribution in [0.25, 0.3) is 0 Å². The Hall–Kier alpha value is -0.610. The average molecular weight is 297 g/mol. The Morgan fingerprint density at radius 2 is 1.95 bits per heavy atom. The van der Waals surface area contributed by atoms with Crippen molar-refractivity contribution in [2.24, 2.45) is 0 Å². The van der Waals surface area contributed by atoms with Crippen LogP contribution in [0.3, 0.4) is 0 Å². The number of benzene rings is 1. The number of halogens is 1. The van der Waals surface area contributed by atoms with E-state index in [1.165, 1.54) is 38.9 Å². The van der Waals surface area contributed by atoms with Gasteiger partial charge < -0.3 is 15.3 Å². The molecular formula is C16H25ClN2O. The molecule has 1 saturated heterocycles. The number of aliphatic hydroxyl groups is 1. The molecule has 0 bridgehead atoms. The number of hydrogen-bond donors (Lipinski definition) is 2. The van der Waals surface area contributed by atoms with Gasteiger partial charge in [-0.05, 0) is 56.6 Å². The predicted molar refractivity (Wildman–Crippen MR) is 84.2 cm³/mol. The first-order valence-corrected chi connectivity index (χ1v) is 7.96. The van der Waals surface area contributed by atoms with Crippen LogP contribution < -0.4 is 5.32 Å². The van der Waals surface area contributed by atoms with E-state index in [1.54, 1.807) is 0 Å². The Balaban J connectivity index is 1.71. The van der Waals surface area contributed by atoms with Crippen LogP contribution in [0.5, 0.6) is 0 Å². The summed E-state index contributed by atoms with van der Waals surface area (Å²) in [5, 5.41) is 14.4. The molecule has 0 radical (unpaired) electrons. The average Bonchev–Trinajstić information content (AvgIpc) is 2.47. The van der Waals surface area contributed by atoms with E-state index < -0.39 is 6.10 Å². The minimum Gasteiger partial charge on any atom is -0.387 e. The van der Waals surface area contributed by atoms with Crippen LogP contribution >= 0.6 is 11.6 Å². The van der Waals surface area contributed by atoms with Crippen molar-refractivity contribution in [2.45, 2.75) is 38.3 Å². The lowest BCUT2D eigenvalue weighted by atomic mass is 10.0. The number of hydrogen-bond acceptors (Lipinski definition) is 3. The highest BCUT2D eigenvalue weighted by molar-refractivity contribution is 6.30. The van der Waals surface area contributed by atoms with Crippen molar-refractivity contribution in [3.63, 3.8) is 0 Å². The second kappa shape index (κ2) is 7.99. The molecule has 0 aliphatic carbocycles. The summed E-state index contributed by atoms with van der Waals surface area (Å²) in [6.45, 7) is 6.39. The van der Waals surface area contributed by atoms with E-state index in [-0.39, 0.29) is 0 Å². The van der Waals surface area contributed by atoms with Gasteiger partial charge in [-0.25, -0.2) is 0 Å². The molecule has 1 fully saturated rings. The molecule has 0 aromatic heterocycles. The van der Waals surface area contributed by atoms with Crippen molar-refractivity contribution < 1.29 is 5.11 Å². The van der Waals surface area contributed by atoms with Crippen molar-refractivity contribution >= 4 is 11.6 Å². The third kappa shape index (κ3) is 4.74. The Bertz CT molecular complexity index is 388. The van der Waals surface area contributed by atoms with Gasteiger partial charge in [-0.15, -0.1) is 0 Å². The van der Waals surface area contributed by atoms with Crippen molar-refractivity contribution in [1.82, 2.24) is 10.2 Å². The minimum atomic E-state index is -0.457. The highest BCUT2D eigenvalue weighted by atomic mass is 35.5. The van der Waals surface area contributed by atoms with Crippen molar-refractivity contribution in [3.8, 4) is 0 Å².